The summed E-state index contributed by atoms with van der Waals surface area (Å²) in [6.07, 6.45) is 2.05. The smallest absolute Gasteiger partial charge is 0.355 e. The molecular weight excluding hydrogens is 444 g/mol. The number of aromatic hydroxyl groups is 2. The number of hydrogen-bond donors (Lipinski definition) is 6. The van der Waals surface area contributed by atoms with Gasteiger partial charge in [0.05, 0.1) is 12.4 Å². The van der Waals surface area contributed by atoms with Crippen LogP contribution in [0, 0.1) is 0 Å². The number of hydrazone groups is 2. The normalized spacial score (nSPS) is 12.3. The van der Waals surface area contributed by atoms with Crippen molar-refractivity contribution in [1.82, 2.24) is 10.9 Å². The van der Waals surface area contributed by atoms with E-state index in [4.69, 9.17) is 9.11 Å². The van der Waals surface area contributed by atoms with Crippen molar-refractivity contribution in [3.8, 4) is 11.5 Å². The lowest BCUT2D eigenvalue weighted by Crippen LogP contribution is -2.28. The molecule has 0 aromatic heterocycles. The molecule has 30 heavy (non-hydrogen) atoms. The maximum Gasteiger partial charge on any atom is 0.355 e. The van der Waals surface area contributed by atoms with Crippen LogP contribution in [0.25, 0.3) is 0 Å². The molecule has 0 bridgehead atoms. The predicted octanol–water partition coefficient (Wildman–Crippen LogP) is 0.258. The lowest BCUT2D eigenvalue weighted by atomic mass is 10.2. The Labute approximate surface area is 169 Å². The molecule has 0 unspecified atom stereocenters. The number of hydrogen-bond acceptors (Lipinski definition) is 9. The number of carbonyl (C=O) groups excluding carboxylic acids is 1. The summed E-state index contributed by atoms with van der Waals surface area (Å²) in [4.78, 5) is 10.1. The van der Waals surface area contributed by atoms with Crippen molar-refractivity contribution in [3.05, 3.63) is 47.5 Å². The summed E-state index contributed by atoms with van der Waals surface area (Å²) in [5, 5.41) is 25.9. The lowest BCUT2D eigenvalue weighted by Gasteiger charge is -2.03. The fraction of sp³-hybridized carbons (Fsp3) is 0. The van der Waals surface area contributed by atoms with E-state index in [1.165, 1.54) is 12.1 Å². The maximum absolute atomic E-state index is 11.6. The summed E-state index contributed by atoms with van der Waals surface area (Å²) in [5.74, 6) is -1.33. The minimum absolute atomic E-state index is 0.131. The highest BCUT2D eigenvalue weighted by Gasteiger charge is 2.16. The highest BCUT2D eigenvalue weighted by molar-refractivity contribution is 7.86. The van der Waals surface area contributed by atoms with E-state index in [2.05, 4.69) is 10.2 Å². The minimum atomic E-state index is -4.65. The second kappa shape index (κ2) is 8.87. The second-order valence-corrected chi connectivity index (χ2v) is 8.25. The van der Waals surface area contributed by atoms with E-state index in [1.54, 1.807) is 0 Å². The molecular formula is C15H14N4O9S2. The van der Waals surface area contributed by atoms with Gasteiger partial charge in [0.15, 0.2) is 0 Å². The molecule has 0 saturated carbocycles. The van der Waals surface area contributed by atoms with Crippen molar-refractivity contribution in [2.24, 2.45) is 10.2 Å². The third-order valence-corrected chi connectivity index (χ3v) is 5.05. The molecule has 2 amide bonds. The van der Waals surface area contributed by atoms with Crippen molar-refractivity contribution in [3.63, 3.8) is 0 Å². The molecule has 2 rings (SSSR count). The minimum Gasteiger partial charge on any atom is -0.506 e. The number of rotatable bonds is 6. The molecule has 0 atom stereocenters. The van der Waals surface area contributed by atoms with E-state index in [-0.39, 0.29) is 11.1 Å². The molecule has 0 aliphatic heterocycles. The van der Waals surface area contributed by atoms with Gasteiger partial charge < -0.3 is 10.2 Å². The molecule has 160 valence electrons. The summed E-state index contributed by atoms with van der Waals surface area (Å²) >= 11 is 0. The van der Waals surface area contributed by atoms with Gasteiger partial charge in [0.2, 0.25) is 0 Å². The van der Waals surface area contributed by atoms with E-state index in [0.717, 1.165) is 36.7 Å². The zero-order chi connectivity index (χ0) is 22.5. The van der Waals surface area contributed by atoms with Gasteiger partial charge >= 0.3 is 6.03 Å². The van der Waals surface area contributed by atoms with E-state index >= 15 is 0 Å². The Morgan fingerprint density at radius 3 is 1.47 bits per heavy atom. The molecule has 0 heterocycles. The number of phenols is 2. The van der Waals surface area contributed by atoms with Gasteiger partial charge in [0.1, 0.15) is 21.3 Å². The number of benzene rings is 2. The summed E-state index contributed by atoms with van der Waals surface area (Å²) in [6.45, 7) is 0. The quantitative estimate of drug-likeness (QED) is 0.198. The van der Waals surface area contributed by atoms with Crippen LogP contribution in [0.5, 0.6) is 11.5 Å². The third-order valence-electron chi connectivity index (χ3n) is 3.28. The van der Waals surface area contributed by atoms with Gasteiger partial charge in [-0.15, -0.1) is 0 Å². The highest BCUT2D eigenvalue weighted by Crippen LogP contribution is 2.23. The van der Waals surface area contributed by atoms with Gasteiger partial charge in [-0.3, -0.25) is 9.11 Å². The Kier molecular flexibility index (Phi) is 6.73. The zero-order valence-electron chi connectivity index (χ0n) is 14.7. The van der Waals surface area contributed by atoms with Crippen LogP contribution in [0.2, 0.25) is 0 Å². The number of urea groups is 1. The second-order valence-electron chi connectivity index (χ2n) is 5.47. The van der Waals surface area contributed by atoms with Crippen molar-refractivity contribution >= 4 is 38.7 Å². The molecule has 0 aliphatic carbocycles. The predicted molar refractivity (Wildman–Crippen MR) is 103 cm³/mol. The SMILES string of the molecule is O=C(N/N=C/c1ccc(O)c(S(=O)(=O)O)c1)N/N=C/c1ccc(O)c(S(=O)(=O)O)c1. The van der Waals surface area contributed by atoms with Gasteiger partial charge in [-0.05, 0) is 47.5 Å². The average Bonchev–Trinajstić information content (AvgIpc) is 2.62. The van der Waals surface area contributed by atoms with E-state index in [9.17, 15) is 31.8 Å². The van der Waals surface area contributed by atoms with Gasteiger partial charge in [0, 0.05) is 0 Å². The van der Waals surface area contributed by atoms with E-state index in [0.29, 0.717) is 0 Å². The summed E-state index contributed by atoms with van der Waals surface area (Å²) in [6, 6.07) is 5.46. The van der Waals surface area contributed by atoms with Gasteiger partial charge in [-0.2, -0.15) is 27.0 Å². The fourth-order valence-corrected chi connectivity index (χ4v) is 3.23. The average molecular weight is 458 g/mol. The molecule has 0 radical (unpaired) electrons. The first kappa shape index (κ1) is 22.8. The van der Waals surface area contributed by atoms with Crippen molar-refractivity contribution in [2.45, 2.75) is 9.79 Å². The number of nitrogens with zero attached hydrogens (tertiary/aromatic N) is 2. The standard InChI is InChI=1S/C15H14N4O9S2/c20-11-3-1-9(5-13(11)29(23,24)25)7-16-18-15(22)19-17-8-10-2-4-12(21)14(6-10)30(26,27)28/h1-8,20-21H,(H2,18,19,22)(H,23,24,25)(H,26,27,28)/b16-7+,17-8+. The number of carbonyl (C=O) groups is 1. The molecule has 13 nitrogen and oxygen atoms in total. The van der Waals surface area contributed by atoms with Crippen LogP contribution in [-0.2, 0) is 20.2 Å². The number of amides is 2. The highest BCUT2D eigenvalue weighted by atomic mass is 32.2. The van der Waals surface area contributed by atoms with Crippen molar-refractivity contribution in [2.75, 3.05) is 0 Å². The van der Waals surface area contributed by atoms with Gasteiger partial charge in [-0.25, -0.2) is 15.6 Å². The summed E-state index contributed by atoms with van der Waals surface area (Å²) < 4.78 is 62.4. The van der Waals surface area contributed by atoms with Crippen LogP contribution in [0.1, 0.15) is 11.1 Å². The Morgan fingerprint density at radius 2 is 1.13 bits per heavy atom. The summed E-state index contributed by atoms with van der Waals surface area (Å²) in [7, 11) is -9.30. The molecule has 0 fully saturated rings. The first-order valence-corrected chi connectivity index (χ1v) is 10.5. The van der Waals surface area contributed by atoms with Crippen molar-refractivity contribution < 1.29 is 40.9 Å². The first-order valence-electron chi connectivity index (χ1n) is 7.61. The molecule has 2 aromatic rings. The zero-order valence-corrected chi connectivity index (χ0v) is 16.3. The lowest BCUT2D eigenvalue weighted by molar-refractivity contribution is 0.242. The molecule has 0 spiro atoms. The molecule has 0 saturated heterocycles. The fourth-order valence-electron chi connectivity index (χ4n) is 1.99. The van der Waals surface area contributed by atoms with Crippen LogP contribution in [0.15, 0.2) is 56.4 Å². The van der Waals surface area contributed by atoms with Crippen LogP contribution in [-0.4, -0.2) is 54.6 Å². The topological polar surface area (TPSA) is 215 Å². The largest absolute Gasteiger partial charge is 0.506 e. The molecule has 0 aliphatic rings. The Morgan fingerprint density at radius 1 is 0.767 bits per heavy atom. The van der Waals surface area contributed by atoms with Gasteiger partial charge in [-0.1, -0.05) is 0 Å². The van der Waals surface area contributed by atoms with Crippen LogP contribution in [0.3, 0.4) is 0 Å². The number of phenolic OH excluding ortho intramolecular Hbond substituents is 2. The maximum atomic E-state index is 11.6. The first-order chi connectivity index (χ1) is 13.9. The summed E-state index contributed by atoms with van der Waals surface area (Å²) in [5.41, 5.74) is 4.24. The number of nitrogens with one attached hydrogen (secondary N) is 2. The van der Waals surface area contributed by atoms with Crippen LogP contribution < -0.4 is 10.9 Å². The van der Waals surface area contributed by atoms with Gasteiger partial charge in [0.25, 0.3) is 20.2 Å². The molecule has 6 N–H and O–H groups in total. The van der Waals surface area contributed by atoms with Crippen LogP contribution >= 0.6 is 0 Å². The molecule has 15 heteroatoms. The monoisotopic (exact) mass is 458 g/mol. The Hall–Kier alpha value is -3.53. The Balaban J connectivity index is 1.99. The van der Waals surface area contributed by atoms with Crippen molar-refractivity contribution in [1.29, 1.82) is 0 Å². The Bertz CT molecular complexity index is 1140. The van der Waals surface area contributed by atoms with Crippen LogP contribution in [0.4, 0.5) is 4.79 Å². The third kappa shape index (κ3) is 6.24. The van der Waals surface area contributed by atoms with E-state index in [1.807, 2.05) is 10.9 Å². The van der Waals surface area contributed by atoms with E-state index < -0.39 is 47.6 Å². The molecule has 2 aromatic carbocycles.